The van der Waals surface area contributed by atoms with Crippen LogP contribution in [0.25, 0.3) is 0 Å². The average Bonchev–Trinajstić information content (AvgIpc) is 2.64. The molecular weight excluding hydrogens is 341 g/mol. The maximum absolute atomic E-state index is 12.6. The van der Waals surface area contributed by atoms with Gasteiger partial charge < -0.3 is 5.32 Å². The molecule has 0 saturated carbocycles. The zero-order valence-corrected chi connectivity index (χ0v) is 14.3. The number of alkyl halides is 3. The molecule has 0 bridgehead atoms. The molecular formula is C20H21F3N2O. The van der Waals surface area contributed by atoms with Crippen molar-refractivity contribution in [3.8, 4) is 0 Å². The lowest BCUT2D eigenvalue weighted by Gasteiger charge is -2.32. The first-order valence-electron chi connectivity index (χ1n) is 8.66. The molecule has 1 amide bonds. The predicted molar refractivity (Wildman–Crippen MR) is 93.7 cm³/mol. The number of amides is 1. The Morgan fingerprint density at radius 3 is 2.19 bits per heavy atom. The molecule has 0 atom stereocenters. The SMILES string of the molecule is O=C(NC1CCN(Cc2ccc(C(F)(F)F)cc2)CC1)c1ccccc1. The molecule has 1 fully saturated rings. The Kier molecular flexibility index (Phi) is 5.61. The quantitative estimate of drug-likeness (QED) is 0.888. The van der Waals surface area contributed by atoms with E-state index < -0.39 is 11.7 Å². The van der Waals surface area contributed by atoms with Crippen LogP contribution in [-0.2, 0) is 12.7 Å². The fourth-order valence-corrected chi connectivity index (χ4v) is 3.15. The van der Waals surface area contributed by atoms with E-state index in [0.29, 0.717) is 12.1 Å². The van der Waals surface area contributed by atoms with Crippen molar-refractivity contribution < 1.29 is 18.0 Å². The summed E-state index contributed by atoms with van der Waals surface area (Å²) in [5, 5.41) is 3.05. The summed E-state index contributed by atoms with van der Waals surface area (Å²) in [7, 11) is 0. The molecule has 0 spiro atoms. The number of likely N-dealkylation sites (tertiary alicyclic amines) is 1. The summed E-state index contributed by atoms with van der Waals surface area (Å²) in [4.78, 5) is 14.4. The van der Waals surface area contributed by atoms with Crippen LogP contribution < -0.4 is 5.32 Å². The minimum atomic E-state index is -4.30. The topological polar surface area (TPSA) is 32.3 Å². The molecule has 0 radical (unpaired) electrons. The van der Waals surface area contributed by atoms with E-state index in [1.54, 1.807) is 12.1 Å². The number of halogens is 3. The van der Waals surface area contributed by atoms with Gasteiger partial charge in [-0.05, 0) is 42.7 Å². The minimum absolute atomic E-state index is 0.0632. The number of carbonyl (C=O) groups excluding carboxylic acids is 1. The van der Waals surface area contributed by atoms with E-state index in [-0.39, 0.29) is 11.9 Å². The monoisotopic (exact) mass is 362 g/mol. The van der Waals surface area contributed by atoms with Crippen LogP contribution in [0.5, 0.6) is 0 Å². The second-order valence-electron chi connectivity index (χ2n) is 6.58. The van der Waals surface area contributed by atoms with Crippen LogP contribution in [0.2, 0.25) is 0 Å². The van der Waals surface area contributed by atoms with Gasteiger partial charge in [-0.15, -0.1) is 0 Å². The van der Waals surface area contributed by atoms with Gasteiger partial charge in [-0.1, -0.05) is 30.3 Å². The van der Waals surface area contributed by atoms with Crippen LogP contribution in [-0.4, -0.2) is 29.9 Å². The zero-order chi connectivity index (χ0) is 18.6. The van der Waals surface area contributed by atoms with Crippen LogP contribution in [0.4, 0.5) is 13.2 Å². The smallest absolute Gasteiger partial charge is 0.349 e. The van der Waals surface area contributed by atoms with Gasteiger partial charge in [0.1, 0.15) is 0 Å². The van der Waals surface area contributed by atoms with Gasteiger partial charge in [0.2, 0.25) is 0 Å². The molecule has 0 unspecified atom stereocenters. The Morgan fingerprint density at radius 2 is 1.62 bits per heavy atom. The summed E-state index contributed by atoms with van der Waals surface area (Å²) in [6.07, 6.45) is -2.63. The van der Waals surface area contributed by atoms with E-state index in [0.717, 1.165) is 43.6 Å². The Morgan fingerprint density at radius 1 is 1.00 bits per heavy atom. The van der Waals surface area contributed by atoms with E-state index in [4.69, 9.17) is 0 Å². The summed E-state index contributed by atoms with van der Waals surface area (Å²) < 4.78 is 37.8. The summed E-state index contributed by atoms with van der Waals surface area (Å²) in [6, 6.07) is 14.6. The molecule has 0 aromatic heterocycles. The van der Waals surface area contributed by atoms with E-state index >= 15 is 0 Å². The average molecular weight is 362 g/mol. The van der Waals surface area contributed by atoms with Gasteiger partial charge in [-0.3, -0.25) is 9.69 Å². The van der Waals surface area contributed by atoms with Gasteiger partial charge in [-0.25, -0.2) is 0 Å². The van der Waals surface area contributed by atoms with E-state index in [9.17, 15) is 18.0 Å². The van der Waals surface area contributed by atoms with Gasteiger partial charge in [0.25, 0.3) is 5.91 Å². The third kappa shape index (κ3) is 4.85. The molecule has 1 aliphatic rings. The zero-order valence-electron chi connectivity index (χ0n) is 14.3. The lowest BCUT2D eigenvalue weighted by atomic mass is 10.0. The summed E-state index contributed by atoms with van der Waals surface area (Å²) in [6.45, 7) is 2.24. The standard InChI is InChI=1S/C20H21F3N2O/c21-20(22,23)17-8-6-15(7-9-17)14-25-12-10-18(11-13-25)24-19(26)16-4-2-1-3-5-16/h1-9,18H,10-14H2,(H,24,26). The van der Waals surface area contributed by atoms with Gasteiger partial charge in [-0.2, -0.15) is 13.2 Å². The summed E-state index contributed by atoms with van der Waals surface area (Å²) in [5.41, 5.74) is 0.896. The molecule has 138 valence electrons. The van der Waals surface area contributed by atoms with Crippen LogP contribution in [0.15, 0.2) is 54.6 Å². The summed E-state index contributed by atoms with van der Waals surface area (Å²) >= 11 is 0. The Labute approximate surface area is 150 Å². The fraction of sp³-hybridized carbons (Fsp3) is 0.350. The highest BCUT2D eigenvalue weighted by Gasteiger charge is 2.30. The summed E-state index contributed by atoms with van der Waals surface area (Å²) in [5.74, 6) is -0.0632. The van der Waals surface area contributed by atoms with Crippen molar-refractivity contribution in [3.63, 3.8) is 0 Å². The molecule has 1 aliphatic heterocycles. The van der Waals surface area contributed by atoms with Crippen molar-refractivity contribution in [1.29, 1.82) is 0 Å². The van der Waals surface area contributed by atoms with Crippen LogP contribution in [0, 0.1) is 0 Å². The Bertz CT molecular complexity index is 721. The second kappa shape index (κ2) is 7.91. The van der Waals surface area contributed by atoms with Crippen molar-refractivity contribution in [2.75, 3.05) is 13.1 Å². The maximum Gasteiger partial charge on any atom is 0.416 e. The molecule has 3 nitrogen and oxygen atoms in total. The highest BCUT2D eigenvalue weighted by atomic mass is 19.4. The Hall–Kier alpha value is -2.34. The first kappa shape index (κ1) is 18.5. The molecule has 3 rings (SSSR count). The van der Waals surface area contributed by atoms with Gasteiger partial charge in [0, 0.05) is 31.2 Å². The largest absolute Gasteiger partial charge is 0.416 e. The van der Waals surface area contributed by atoms with Crippen molar-refractivity contribution >= 4 is 5.91 Å². The fourth-order valence-electron chi connectivity index (χ4n) is 3.15. The number of benzene rings is 2. The molecule has 1 N–H and O–H groups in total. The number of carbonyl (C=O) groups is 1. The molecule has 6 heteroatoms. The molecule has 2 aromatic rings. The van der Waals surface area contributed by atoms with Gasteiger partial charge in [0.05, 0.1) is 5.56 Å². The van der Waals surface area contributed by atoms with Crippen LogP contribution in [0.1, 0.15) is 34.3 Å². The molecule has 1 saturated heterocycles. The normalized spacial score (nSPS) is 16.4. The third-order valence-corrected chi connectivity index (χ3v) is 4.65. The van der Waals surface area contributed by atoms with Crippen molar-refractivity contribution in [2.45, 2.75) is 31.6 Å². The van der Waals surface area contributed by atoms with Gasteiger partial charge >= 0.3 is 6.18 Å². The number of hydrogen-bond donors (Lipinski definition) is 1. The molecule has 26 heavy (non-hydrogen) atoms. The maximum atomic E-state index is 12.6. The highest BCUT2D eigenvalue weighted by Crippen LogP contribution is 2.29. The second-order valence-corrected chi connectivity index (χ2v) is 6.58. The number of rotatable bonds is 4. The first-order valence-corrected chi connectivity index (χ1v) is 8.66. The Balaban J connectivity index is 1.47. The van der Waals surface area contributed by atoms with Crippen molar-refractivity contribution in [1.82, 2.24) is 10.2 Å². The number of nitrogens with one attached hydrogen (secondary N) is 1. The number of piperidine rings is 1. The molecule has 1 heterocycles. The lowest BCUT2D eigenvalue weighted by molar-refractivity contribution is -0.137. The van der Waals surface area contributed by atoms with Crippen LogP contribution in [0.3, 0.4) is 0 Å². The number of hydrogen-bond acceptors (Lipinski definition) is 2. The van der Waals surface area contributed by atoms with E-state index in [1.807, 2.05) is 18.2 Å². The minimum Gasteiger partial charge on any atom is -0.349 e. The van der Waals surface area contributed by atoms with E-state index in [2.05, 4.69) is 10.2 Å². The number of nitrogens with zero attached hydrogens (tertiary/aromatic N) is 1. The van der Waals surface area contributed by atoms with E-state index in [1.165, 1.54) is 12.1 Å². The first-order chi connectivity index (χ1) is 12.4. The van der Waals surface area contributed by atoms with Crippen molar-refractivity contribution in [2.24, 2.45) is 0 Å². The highest BCUT2D eigenvalue weighted by molar-refractivity contribution is 5.94. The van der Waals surface area contributed by atoms with Crippen LogP contribution >= 0.6 is 0 Å². The molecule has 2 aromatic carbocycles. The predicted octanol–water partition coefficient (Wildman–Crippen LogP) is 4.10. The van der Waals surface area contributed by atoms with Crippen molar-refractivity contribution in [3.05, 3.63) is 71.3 Å². The third-order valence-electron chi connectivity index (χ3n) is 4.65. The lowest BCUT2D eigenvalue weighted by Crippen LogP contribution is -2.44. The molecule has 0 aliphatic carbocycles. The van der Waals surface area contributed by atoms with Gasteiger partial charge in [0.15, 0.2) is 0 Å².